The highest BCUT2D eigenvalue weighted by atomic mass is 19.4. The number of nitrogens with zero attached hydrogens (tertiary/aromatic N) is 2. The van der Waals surface area contributed by atoms with Crippen molar-refractivity contribution >= 4 is 17.1 Å². The van der Waals surface area contributed by atoms with Crippen LogP contribution in [0.25, 0.3) is 22.6 Å². The molecule has 1 aromatic carbocycles. The maximum absolute atomic E-state index is 11.2. The molecule has 29 heavy (non-hydrogen) atoms. The number of alkyl halides is 3. The molecule has 0 unspecified atom stereocenters. The molecule has 0 atom stereocenters. The third-order valence-electron chi connectivity index (χ3n) is 4.31. The number of H-pyrrole nitrogens is 1. The number of aromatic nitrogens is 3. The number of rotatable bonds is 3. The van der Waals surface area contributed by atoms with Crippen molar-refractivity contribution in [3.8, 4) is 11.5 Å². The van der Waals surface area contributed by atoms with E-state index in [1.165, 1.54) is 0 Å². The number of fused-ring (bicyclic) bond motifs is 1. The second kappa shape index (κ2) is 8.47. The van der Waals surface area contributed by atoms with Crippen LogP contribution in [0.3, 0.4) is 0 Å². The van der Waals surface area contributed by atoms with Gasteiger partial charge in [-0.2, -0.15) is 18.2 Å². The van der Waals surface area contributed by atoms with E-state index in [1.807, 2.05) is 0 Å². The average molecular weight is 414 g/mol. The summed E-state index contributed by atoms with van der Waals surface area (Å²) in [5.74, 6) is -1.41. The Kier molecular flexibility index (Phi) is 6.01. The van der Waals surface area contributed by atoms with Crippen LogP contribution in [-0.4, -0.2) is 45.5 Å². The van der Waals surface area contributed by atoms with Crippen LogP contribution in [0.1, 0.15) is 18.7 Å². The highest BCUT2D eigenvalue weighted by Gasteiger charge is 2.38. The Morgan fingerprint density at radius 3 is 2.62 bits per heavy atom. The van der Waals surface area contributed by atoms with E-state index in [1.54, 1.807) is 18.2 Å². The van der Waals surface area contributed by atoms with Crippen LogP contribution in [0.2, 0.25) is 0 Å². The Morgan fingerprint density at radius 1 is 1.28 bits per heavy atom. The molecule has 0 bridgehead atoms. The Hall–Kier alpha value is -3.15. The summed E-state index contributed by atoms with van der Waals surface area (Å²) in [5.41, 5.74) is 1.91. The molecule has 1 fully saturated rings. The summed E-state index contributed by atoms with van der Waals surface area (Å²) in [5, 5.41) is 14.5. The summed E-state index contributed by atoms with van der Waals surface area (Å²) in [6, 6.07) is 5.31. The minimum absolute atomic E-state index is 0.466. The van der Waals surface area contributed by atoms with Crippen LogP contribution < -0.4 is 11.1 Å². The second-order valence-corrected chi connectivity index (χ2v) is 6.44. The maximum Gasteiger partial charge on any atom is 0.490 e. The molecule has 0 radical (unpaired) electrons. The van der Waals surface area contributed by atoms with Crippen molar-refractivity contribution < 1.29 is 32.0 Å². The molecule has 3 heterocycles. The Labute approximate surface area is 160 Å². The van der Waals surface area contributed by atoms with Crippen LogP contribution in [-0.2, 0) is 11.2 Å². The molecule has 1 aliphatic heterocycles. The summed E-state index contributed by atoms with van der Waals surface area (Å²) < 4.78 is 42.1. The van der Waals surface area contributed by atoms with Crippen molar-refractivity contribution in [2.24, 2.45) is 5.92 Å². The molecule has 3 aromatic rings. The molecule has 0 spiro atoms. The van der Waals surface area contributed by atoms with E-state index in [-0.39, 0.29) is 0 Å². The van der Waals surface area contributed by atoms with Gasteiger partial charge in [-0.1, -0.05) is 5.16 Å². The molecule has 3 N–H and O–H groups in total. The largest absolute Gasteiger partial charge is 0.490 e. The first kappa shape index (κ1) is 20.6. The number of halogens is 3. The summed E-state index contributed by atoms with van der Waals surface area (Å²) in [7, 11) is 0. The Morgan fingerprint density at radius 2 is 1.97 bits per heavy atom. The van der Waals surface area contributed by atoms with Gasteiger partial charge in [0.2, 0.25) is 0 Å². The molecular formula is C17H17F3N4O5. The number of aromatic amines is 1. The van der Waals surface area contributed by atoms with Gasteiger partial charge in [0.1, 0.15) is 0 Å². The fourth-order valence-corrected chi connectivity index (χ4v) is 2.88. The van der Waals surface area contributed by atoms with E-state index in [2.05, 4.69) is 20.4 Å². The second-order valence-electron chi connectivity index (χ2n) is 6.44. The molecule has 1 aliphatic rings. The van der Waals surface area contributed by atoms with Crippen molar-refractivity contribution in [3.63, 3.8) is 0 Å². The third-order valence-corrected chi connectivity index (χ3v) is 4.31. The van der Waals surface area contributed by atoms with Gasteiger partial charge >= 0.3 is 17.9 Å². The normalized spacial score (nSPS) is 15.1. The number of carbonyl (C=O) groups is 1. The molecule has 0 aliphatic carbocycles. The standard InChI is InChI=1S/C15H16N4O3.C2HF3O2/c20-15-17-11-8-10(1-2-12(11)21-15)14-18-13(19-22-14)7-9-3-5-16-6-4-9;3-2(4,5)1(6)7/h1-2,8-9,16H,3-7H2,(H,17,20);(H,6,7). The van der Waals surface area contributed by atoms with E-state index in [4.69, 9.17) is 18.8 Å². The van der Waals surface area contributed by atoms with Gasteiger partial charge in [-0.05, 0) is 50.0 Å². The summed E-state index contributed by atoms with van der Waals surface area (Å²) in [6.45, 7) is 2.11. The molecule has 1 saturated heterocycles. The Balaban J connectivity index is 0.000000298. The first-order valence-electron chi connectivity index (χ1n) is 8.69. The van der Waals surface area contributed by atoms with Gasteiger partial charge in [0.05, 0.1) is 5.52 Å². The summed E-state index contributed by atoms with van der Waals surface area (Å²) >= 11 is 0. The fourth-order valence-electron chi connectivity index (χ4n) is 2.88. The number of nitrogens with one attached hydrogen (secondary N) is 2. The van der Waals surface area contributed by atoms with Gasteiger partial charge in [-0.3, -0.25) is 4.98 Å². The molecule has 4 rings (SSSR count). The molecule has 0 saturated carbocycles. The van der Waals surface area contributed by atoms with Crippen molar-refractivity contribution in [1.82, 2.24) is 20.4 Å². The lowest BCUT2D eigenvalue weighted by Gasteiger charge is -2.20. The van der Waals surface area contributed by atoms with Gasteiger partial charge in [0, 0.05) is 12.0 Å². The lowest BCUT2D eigenvalue weighted by Crippen LogP contribution is -2.28. The van der Waals surface area contributed by atoms with Crippen LogP contribution in [0.15, 0.2) is 31.9 Å². The number of piperidine rings is 1. The zero-order valence-electron chi connectivity index (χ0n) is 15.0. The van der Waals surface area contributed by atoms with Crippen LogP contribution in [0, 0.1) is 5.92 Å². The number of benzene rings is 1. The van der Waals surface area contributed by atoms with E-state index in [0.29, 0.717) is 22.9 Å². The zero-order chi connectivity index (χ0) is 21.0. The van der Waals surface area contributed by atoms with E-state index >= 15 is 0 Å². The predicted molar refractivity (Wildman–Crippen MR) is 93.1 cm³/mol. The molecule has 9 nitrogen and oxygen atoms in total. The quantitative estimate of drug-likeness (QED) is 0.595. The lowest BCUT2D eigenvalue weighted by atomic mass is 9.94. The smallest absolute Gasteiger partial charge is 0.475 e. The van der Waals surface area contributed by atoms with Gasteiger partial charge in [-0.15, -0.1) is 0 Å². The van der Waals surface area contributed by atoms with Crippen molar-refractivity contribution in [2.45, 2.75) is 25.4 Å². The van der Waals surface area contributed by atoms with Gasteiger partial charge in [0.25, 0.3) is 5.89 Å². The van der Waals surface area contributed by atoms with Crippen molar-refractivity contribution in [2.75, 3.05) is 13.1 Å². The van der Waals surface area contributed by atoms with Crippen molar-refractivity contribution in [3.05, 3.63) is 34.6 Å². The number of hydrogen-bond donors (Lipinski definition) is 3. The van der Waals surface area contributed by atoms with Gasteiger partial charge < -0.3 is 19.4 Å². The number of carboxylic acids is 1. The molecule has 0 amide bonds. The number of hydrogen-bond acceptors (Lipinski definition) is 7. The molecular weight excluding hydrogens is 397 g/mol. The minimum Gasteiger partial charge on any atom is -0.475 e. The van der Waals surface area contributed by atoms with Crippen LogP contribution in [0.4, 0.5) is 13.2 Å². The minimum atomic E-state index is -5.08. The first-order valence-corrected chi connectivity index (χ1v) is 8.69. The van der Waals surface area contributed by atoms with E-state index in [9.17, 15) is 18.0 Å². The molecule has 2 aromatic heterocycles. The van der Waals surface area contributed by atoms with Crippen LogP contribution in [0.5, 0.6) is 0 Å². The lowest BCUT2D eigenvalue weighted by molar-refractivity contribution is -0.192. The number of aliphatic carboxylic acids is 1. The maximum atomic E-state index is 11.2. The zero-order valence-corrected chi connectivity index (χ0v) is 15.0. The van der Waals surface area contributed by atoms with E-state index in [0.717, 1.165) is 43.7 Å². The topological polar surface area (TPSA) is 134 Å². The SMILES string of the molecule is O=C(O)C(F)(F)F.O=c1[nH]c2cc(-c3nc(CC4CCNCC4)no3)ccc2o1. The highest BCUT2D eigenvalue weighted by molar-refractivity contribution is 5.77. The van der Waals surface area contributed by atoms with Crippen LogP contribution >= 0.6 is 0 Å². The van der Waals surface area contributed by atoms with Gasteiger partial charge in [-0.25, -0.2) is 9.59 Å². The number of carboxylic acid groups (broad SMARTS) is 1. The first-order chi connectivity index (χ1) is 13.7. The number of oxazole rings is 1. The van der Waals surface area contributed by atoms with Gasteiger partial charge in [0.15, 0.2) is 11.4 Å². The highest BCUT2D eigenvalue weighted by Crippen LogP contribution is 2.23. The summed E-state index contributed by atoms with van der Waals surface area (Å²) in [4.78, 5) is 27.2. The summed E-state index contributed by atoms with van der Waals surface area (Å²) in [6.07, 6.45) is -1.95. The fraction of sp³-hybridized carbons (Fsp3) is 0.412. The third kappa shape index (κ3) is 5.44. The average Bonchev–Trinajstić information content (AvgIpc) is 3.27. The predicted octanol–water partition coefficient (Wildman–Crippen LogP) is 2.35. The van der Waals surface area contributed by atoms with E-state index < -0.39 is 17.9 Å². The monoisotopic (exact) mass is 414 g/mol. The Bertz CT molecular complexity index is 1030. The molecule has 156 valence electrons. The molecule has 12 heteroatoms. The van der Waals surface area contributed by atoms with Crippen molar-refractivity contribution in [1.29, 1.82) is 0 Å².